The number of rotatable bonds is 1. The van der Waals surface area contributed by atoms with Crippen LogP contribution < -0.4 is 0 Å². The molecule has 1 heterocycles. The van der Waals surface area contributed by atoms with Crippen molar-refractivity contribution in [3.63, 3.8) is 0 Å². The van der Waals surface area contributed by atoms with E-state index < -0.39 is 11.9 Å². The SMILES string of the molecule is CN1C(=O)c2ccccc2C(N=[N+]=[N-])C(=O)N1C. The average molecular weight is 245 g/mol. The highest BCUT2D eigenvalue weighted by molar-refractivity contribution is 6.01. The molecule has 0 aromatic heterocycles. The highest BCUT2D eigenvalue weighted by Gasteiger charge is 2.34. The highest BCUT2D eigenvalue weighted by Crippen LogP contribution is 2.28. The number of carbonyl (C=O) groups excluding carboxylic acids is 2. The Balaban J connectivity index is 2.68. The number of likely N-dealkylation sites (N-methyl/N-ethyl adjacent to an activating group) is 1. The van der Waals surface area contributed by atoms with E-state index in [4.69, 9.17) is 5.53 Å². The molecule has 2 rings (SSSR count). The van der Waals surface area contributed by atoms with Crippen LogP contribution >= 0.6 is 0 Å². The minimum absolute atomic E-state index is 0.308. The van der Waals surface area contributed by atoms with Crippen LogP contribution in [-0.4, -0.2) is 35.9 Å². The van der Waals surface area contributed by atoms with Crippen LogP contribution in [0.1, 0.15) is 22.0 Å². The Morgan fingerprint density at radius 2 is 1.89 bits per heavy atom. The standard InChI is InChI=1S/C11H11N5O2/c1-15-10(17)8-6-4-3-5-7(8)9(13-14-12)11(18)16(15)2/h3-6,9H,1-2H3. The maximum absolute atomic E-state index is 12.1. The van der Waals surface area contributed by atoms with Gasteiger partial charge < -0.3 is 0 Å². The third-order valence-corrected chi connectivity index (χ3v) is 2.95. The monoisotopic (exact) mass is 245 g/mol. The minimum atomic E-state index is -1.01. The third-order valence-electron chi connectivity index (χ3n) is 2.95. The number of hydrogen-bond donors (Lipinski definition) is 0. The van der Waals surface area contributed by atoms with Gasteiger partial charge in [0.05, 0.1) is 0 Å². The molecule has 7 heteroatoms. The van der Waals surface area contributed by atoms with E-state index >= 15 is 0 Å². The molecule has 0 bridgehead atoms. The summed E-state index contributed by atoms with van der Waals surface area (Å²) in [5, 5.41) is 5.85. The van der Waals surface area contributed by atoms with E-state index in [1.807, 2.05) is 0 Å². The first kappa shape index (κ1) is 11.9. The van der Waals surface area contributed by atoms with Gasteiger partial charge in [-0.25, -0.2) is 0 Å². The predicted molar refractivity (Wildman–Crippen MR) is 63.2 cm³/mol. The number of fused-ring (bicyclic) bond motifs is 1. The molecule has 0 spiro atoms. The number of carbonyl (C=O) groups is 2. The van der Waals surface area contributed by atoms with Gasteiger partial charge in [-0.05, 0) is 17.2 Å². The number of nitrogens with zero attached hydrogens (tertiary/aromatic N) is 5. The molecule has 2 amide bonds. The zero-order valence-electron chi connectivity index (χ0n) is 9.94. The van der Waals surface area contributed by atoms with Gasteiger partial charge in [0.25, 0.3) is 11.8 Å². The van der Waals surface area contributed by atoms with Crippen molar-refractivity contribution in [2.24, 2.45) is 5.11 Å². The lowest BCUT2D eigenvalue weighted by Gasteiger charge is -2.26. The summed E-state index contributed by atoms with van der Waals surface area (Å²) in [4.78, 5) is 26.9. The van der Waals surface area contributed by atoms with Crippen molar-refractivity contribution >= 4 is 11.8 Å². The largest absolute Gasteiger partial charge is 0.272 e. The van der Waals surface area contributed by atoms with Crippen molar-refractivity contribution in [3.05, 3.63) is 45.8 Å². The summed E-state index contributed by atoms with van der Waals surface area (Å²) >= 11 is 0. The summed E-state index contributed by atoms with van der Waals surface area (Å²) in [6, 6.07) is 5.63. The average Bonchev–Trinajstić information content (AvgIpc) is 2.46. The number of hydrazine groups is 1. The molecule has 1 aromatic rings. The Bertz CT molecular complexity index is 564. The van der Waals surface area contributed by atoms with Crippen LogP contribution in [0.2, 0.25) is 0 Å². The van der Waals surface area contributed by atoms with Crippen molar-refractivity contribution in [2.45, 2.75) is 6.04 Å². The van der Waals surface area contributed by atoms with Crippen molar-refractivity contribution in [2.75, 3.05) is 14.1 Å². The molecular formula is C11H11N5O2. The van der Waals surface area contributed by atoms with E-state index in [0.29, 0.717) is 11.1 Å². The van der Waals surface area contributed by atoms with Crippen molar-refractivity contribution in [3.8, 4) is 0 Å². The Morgan fingerprint density at radius 1 is 1.22 bits per heavy atom. The summed E-state index contributed by atoms with van der Waals surface area (Å²) < 4.78 is 0. The van der Waals surface area contributed by atoms with Gasteiger partial charge >= 0.3 is 0 Å². The van der Waals surface area contributed by atoms with E-state index in [0.717, 1.165) is 5.01 Å². The second-order valence-electron chi connectivity index (χ2n) is 3.89. The molecule has 1 aliphatic heterocycles. The Hall–Kier alpha value is -2.53. The molecule has 0 N–H and O–H groups in total. The molecule has 0 fully saturated rings. The fourth-order valence-electron chi connectivity index (χ4n) is 1.86. The molecule has 7 nitrogen and oxygen atoms in total. The second kappa shape index (κ2) is 4.38. The summed E-state index contributed by atoms with van der Waals surface area (Å²) in [5.74, 6) is -0.745. The zero-order chi connectivity index (χ0) is 13.3. The molecule has 92 valence electrons. The first-order valence-electron chi connectivity index (χ1n) is 5.26. The predicted octanol–water partition coefficient (Wildman–Crippen LogP) is 1.50. The molecular weight excluding hydrogens is 234 g/mol. The fourth-order valence-corrected chi connectivity index (χ4v) is 1.86. The molecule has 18 heavy (non-hydrogen) atoms. The zero-order valence-corrected chi connectivity index (χ0v) is 9.94. The molecule has 0 saturated carbocycles. The Morgan fingerprint density at radius 3 is 2.56 bits per heavy atom. The molecule has 0 aliphatic carbocycles. The van der Waals surface area contributed by atoms with E-state index in [-0.39, 0.29) is 5.91 Å². The van der Waals surface area contributed by atoms with Gasteiger partial charge in [0.15, 0.2) is 0 Å². The maximum Gasteiger partial charge on any atom is 0.272 e. The lowest BCUT2D eigenvalue weighted by molar-refractivity contribution is -0.141. The van der Waals surface area contributed by atoms with E-state index in [9.17, 15) is 9.59 Å². The van der Waals surface area contributed by atoms with Gasteiger partial charge in [-0.3, -0.25) is 19.6 Å². The normalized spacial score (nSPS) is 19.1. The van der Waals surface area contributed by atoms with Crippen LogP contribution in [-0.2, 0) is 4.79 Å². The Kier molecular flexibility index (Phi) is 2.91. The molecule has 1 aromatic carbocycles. The lowest BCUT2D eigenvalue weighted by atomic mass is 10.0. The summed E-state index contributed by atoms with van der Waals surface area (Å²) in [6.07, 6.45) is 0. The van der Waals surface area contributed by atoms with Crippen molar-refractivity contribution in [1.29, 1.82) is 0 Å². The fraction of sp³-hybridized carbons (Fsp3) is 0.273. The van der Waals surface area contributed by atoms with Gasteiger partial charge in [0, 0.05) is 24.6 Å². The van der Waals surface area contributed by atoms with Gasteiger partial charge in [-0.1, -0.05) is 23.3 Å². The number of azide groups is 1. The van der Waals surface area contributed by atoms with Gasteiger partial charge in [0.1, 0.15) is 6.04 Å². The summed E-state index contributed by atoms with van der Waals surface area (Å²) in [7, 11) is 2.96. The topological polar surface area (TPSA) is 89.4 Å². The Labute approximate surface area is 103 Å². The van der Waals surface area contributed by atoms with Gasteiger partial charge in [-0.2, -0.15) is 0 Å². The molecule has 1 atom stereocenters. The quantitative estimate of drug-likeness (QED) is 0.426. The van der Waals surface area contributed by atoms with Crippen LogP contribution in [0.15, 0.2) is 29.4 Å². The summed E-state index contributed by atoms with van der Waals surface area (Å²) in [5.41, 5.74) is 9.36. The van der Waals surface area contributed by atoms with Gasteiger partial charge in [0.2, 0.25) is 0 Å². The highest BCUT2D eigenvalue weighted by atomic mass is 16.2. The summed E-state index contributed by atoms with van der Waals surface area (Å²) in [6.45, 7) is 0. The molecule has 1 unspecified atom stereocenters. The lowest BCUT2D eigenvalue weighted by Crippen LogP contribution is -2.44. The molecule has 0 radical (unpaired) electrons. The number of benzene rings is 1. The number of hydrogen-bond acceptors (Lipinski definition) is 3. The first-order valence-corrected chi connectivity index (χ1v) is 5.26. The first-order chi connectivity index (χ1) is 8.57. The third kappa shape index (κ3) is 1.66. The van der Waals surface area contributed by atoms with Crippen LogP contribution in [0.5, 0.6) is 0 Å². The van der Waals surface area contributed by atoms with Crippen molar-refractivity contribution in [1.82, 2.24) is 10.0 Å². The van der Waals surface area contributed by atoms with Crippen LogP contribution in [0, 0.1) is 0 Å². The maximum atomic E-state index is 12.1. The van der Waals surface area contributed by atoms with Crippen LogP contribution in [0.3, 0.4) is 0 Å². The van der Waals surface area contributed by atoms with Crippen molar-refractivity contribution < 1.29 is 9.59 Å². The molecule has 0 saturated heterocycles. The van der Waals surface area contributed by atoms with Gasteiger partial charge in [-0.15, -0.1) is 0 Å². The van der Waals surface area contributed by atoms with Crippen LogP contribution in [0.25, 0.3) is 10.4 Å². The molecule has 1 aliphatic rings. The second-order valence-corrected chi connectivity index (χ2v) is 3.89. The van der Waals surface area contributed by atoms with E-state index in [1.54, 1.807) is 24.3 Å². The van der Waals surface area contributed by atoms with E-state index in [1.165, 1.54) is 19.1 Å². The number of amides is 2. The minimum Gasteiger partial charge on any atom is -0.272 e. The van der Waals surface area contributed by atoms with Crippen LogP contribution in [0.4, 0.5) is 0 Å². The van der Waals surface area contributed by atoms with E-state index in [2.05, 4.69) is 10.0 Å². The smallest absolute Gasteiger partial charge is 0.272 e.